The molecule has 4 aromatic carbocycles. The number of hydrogen-bond donors (Lipinski definition) is 6. The van der Waals surface area contributed by atoms with Crippen molar-refractivity contribution in [3.63, 3.8) is 0 Å². The van der Waals surface area contributed by atoms with Crippen LogP contribution in [0, 0.1) is 13.8 Å². The number of carboxylic acids is 2. The van der Waals surface area contributed by atoms with E-state index >= 15 is 0 Å². The Morgan fingerprint density at radius 1 is 0.583 bits per heavy atom. The minimum Gasteiger partial charge on any atom is -0.478 e. The predicted molar refractivity (Wildman–Crippen MR) is 180 cm³/mol. The second-order valence-electron chi connectivity index (χ2n) is 10.1. The number of ether oxygens (including phenoxy) is 2. The number of methoxy groups -OCH3 is 2. The fourth-order valence-electron chi connectivity index (χ4n) is 3.91. The molecule has 14 nitrogen and oxygen atoms in total. The van der Waals surface area contributed by atoms with E-state index in [4.69, 9.17) is 21.7 Å². The summed E-state index contributed by atoms with van der Waals surface area (Å²) in [4.78, 5) is 43.1. The number of benzene rings is 4. The number of carbonyl (C=O) groups excluding carboxylic acids is 2. The summed E-state index contributed by atoms with van der Waals surface area (Å²) in [6.45, 7) is 3.72. The molecule has 0 saturated carbocycles. The Labute approximate surface area is 274 Å². The SMILES string of the molecule is COC(=O)c1ccc(C)c(N)c1.COC(=O)c1ccc2cn[nH]c2c1.Cc1ccc(C(=O)O)cc1N.O=C(O)c1ccc2cn[nH]c2c1. The highest BCUT2D eigenvalue weighted by atomic mass is 16.5. The van der Waals surface area contributed by atoms with Crippen molar-refractivity contribution >= 4 is 57.1 Å². The number of fused-ring (bicyclic) bond motifs is 2. The van der Waals surface area contributed by atoms with Gasteiger partial charge in [-0.1, -0.05) is 24.3 Å². The predicted octanol–water partition coefficient (Wildman–Crippen LogP) is 5.25. The van der Waals surface area contributed by atoms with Gasteiger partial charge in [-0.05, 0) is 73.5 Å². The van der Waals surface area contributed by atoms with E-state index in [0.29, 0.717) is 22.5 Å². The van der Waals surface area contributed by atoms with E-state index in [1.165, 1.54) is 26.4 Å². The van der Waals surface area contributed by atoms with Crippen LogP contribution in [0.15, 0.2) is 85.2 Å². The highest BCUT2D eigenvalue weighted by molar-refractivity contribution is 5.94. The van der Waals surface area contributed by atoms with Crippen molar-refractivity contribution < 1.29 is 38.9 Å². The molecule has 0 atom stereocenters. The molecule has 0 unspecified atom stereocenters. The monoisotopic (exact) mass is 654 g/mol. The minimum absolute atomic E-state index is 0.230. The third-order valence-electron chi connectivity index (χ3n) is 6.78. The van der Waals surface area contributed by atoms with Gasteiger partial charge in [0, 0.05) is 22.1 Å². The van der Waals surface area contributed by atoms with Crippen LogP contribution in [0.5, 0.6) is 0 Å². The van der Waals surface area contributed by atoms with E-state index in [0.717, 1.165) is 32.9 Å². The van der Waals surface area contributed by atoms with Gasteiger partial charge in [0.1, 0.15) is 0 Å². The molecule has 2 heterocycles. The lowest BCUT2D eigenvalue weighted by Crippen LogP contribution is -2.02. The van der Waals surface area contributed by atoms with Gasteiger partial charge in [-0.25, -0.2) is 19.2 Å². The van der Waals surface area contributed by atoms with Crippen LogP contribution >= 0.6 is 0 Å². The lowest BCUT2D eigenvalue weighted by molar-refractivity contribution is 0.0592. The first-order valence-corrected chi connectivity index (χ1v) is 14.1. The van der Waals surface area contributed by atoms with E-state index in [2.05, 4.69) is 29.9 Å². The maximum absolute atomic E-state index is 11.1. The highest BCUT2D eigenvalue weighted by Crippen LogP contribution is 2.15. The summed E-state index contributed by atoms with van der Waals surface area (Å²) in [6.07, 6.45) is 3.36. The molecule has 0 aliphatic heterocycles. The molecule has 0 amide bonds. The summed E-state index contributed by atoms with van der Waals surface area (Å²) < 4.78 is 9.13. The summed E-state index contributed by atoms with van der Waals surface area (Å²) >= 11 is 0. The number of nitrogens with zero attached hydrogens (tertiary/aromatic N) is 2. The first-order chi connectivity index (χ1) is 22.8. The average Bonchev–Trinajstić information content (AvgIpc) is 3.76. The summed E-state index contributed by atoms with van der Waals surface area (Å²) in [5, 5.41) is 32.2. The van der Waals surface area contributed by atoms with E-state index < -0.39 is 11.9 Å². The normalized spacial score (nSPS) is 9.92. The van der Waals surface area contributed by atoms with Crippen LogP contribution in [0.2, 0.25) is 0 Å². The number of esters is 2. The Morgan fingerprint density at radius 3 is 1.38 bits per heavy atom. The number of nitrogens with two attached hydrogens (primary N) is 2. The van der Waals surface area contributed by atoms with Crippen molar-refractivity contribution in [1.29, 1.82) is 0 Å². The molecular weight excluding hydrogens is 620 g/mol. The van der Waals surface area contributed by atoms with Gasteiger partial charge in [-0.15, -0.1) is 0 Å². The van der Waals surface area contributed by atoms with Crippen LogP contribution in [-0.4, -0.2) is 68.7 Å². The number of nitrogen functional groups attached to an aromatic ring is 2. The van der Waals surface area contributed by atoms with Crippen molar-refractivity contribution in [2.45, 2.75) is 13.8 Å². The number of anilines is 2. The molecule has 6 aromatic rings. The highest BCUT2D eigenvalue weighted by Gasteiger charge is 2.07. The van der Waals surface area contributed by atoms with Crippen LogP contribution in [0.4, 0.5) is 11.4 Å². The molecule has 0 aliphatic rings. The molecule has 8 N–H and O–H groups in total. The molecule has 2 aromatic heterocycles. The van der Waals surface area contributed by atoms with Crippen LogP contribution < -0.4 is 11.5 Å². The lowest BCUT2D eigenvalue weighted by atomic mass is 10.1. The maximum atomic E-state index is 11.1. The van der Waals surface area contributed by atoms with Gasteiger partial charge in [-0.3, -0.25) is 10.2 Å². The second-order valence-corrected chi connectivity index (χ2v) is 10.1. The zero-order chi connectivity index (χ0) is 35.4. The van der Waals surface area contributed by atoms with E-state index in [-0.39, 0.29) is 23.1 Å². The van der Waals surface area contributed by atoms with E-state index in [1.54, 1.807) is 67.0 Å². The fourth-order valence-corrected chi connectivity index (χ4v) is 3.91. The van der Waals surface area contributed by atoms with Gasteiger partial charge >= 0.3 is 23.9 Å². The summed E-state index contributed by atoms with van der Waals surface area (Å²) in [5.41, 5.74) is 17.2. The third-order valence-corrected chi connectivity index (χ3v) is 6.78. The number of aromatic carboxylic acids is 2. The molecular formula is C34H34N6O8. The number of rotatable bonds is 4. The van der Waals surface area contributed by atoms with Crippen molar-refractivity contribution in [3.8, 4) is 0 Å². The molecule has 0 radical (unpaired) electrons. The quantitative estimate of drug-likeness (QED) is 0.106. The zero-order valence-corrected chi connectivity index (χ0v) is 26.5. The molecule has 0 aliphatic carbocycles. The van der Waals surface area contributed by atoms with Crippen LogP contribution in [-0.2, 0) is 9.47 Å². The number of aromatic nitrogens is 4. The Hall–Kier alpha value is -6.70. The molecule has 0 spiro atoms. The van der Waals surface area contributed by atoms with Crippen molar-refractivity contribution in [3.05, 3.63) is 119 Å². The van der Waals surface area contributed by atoms with Gasteiger partial charge in [0.15, 0.2) is 0 Å². The summed E-state index contributed by atoms with van der Waals surface area (Å²) in [5.74, 6) is -2.57. The average molecular weight is 655 g/mol. The van der Waals surface area contributed by atoms with Gasteiger partial charge in [0.2, 0.25) is 0 Å². The van der Waals surface area contributed by atoms with Crippen molar-refractivity contribution in [2.75, 3.05) is 25.7 Å². The van der Waals surface area contributed by atoms with Crippen LogP contribution in [0.1, 0.15) is 52.6 Å². The van der Waals surface area contributed by atoms with E-state index in [9.17, 15) is 19.2 Å². The maximum Gasteiger partial charge on any atom is 0.337 e. The Kier molecular flexibility index (Phi) is 12.3. The van der Waals surface area contributed by atoms with Crippen LogP contribution in [0.3, 0.4) is 0 Å². The van der Waals surface area contributed by atoms with Gasteiger partial charge < -0.3 is 31.2 Å². The molecule has 48 heavy (non-hydrogen) atoms. The first kappa shape index (κ1) is 35.8. The van der Waals surface area contributed by atoms with E-state index in [1.807, 2.05) is 19.9 Å². The Balaban J connectivity index is 0.000000174. The number of carbonyl (C=O) groups is 4. The number of H-pyrrole nitrogens is 2. The fraction of sp³-hybridized carbons (Fsp3) is 0.118. The van der Waals surface area contributed by atoms with Gasteiger partial charge in [0.05, 0.1) is 59.9 Å². The van der Waals surface area contributed by atoms with Gasteiger partial charge in [0.25, 0.3) is 0 Å². The minimum atomic E-state index is -0.947. The smallest absolute Gasteiger partial charge is 0.337 e. The van der Waals surface area contributed by atoms with Gasteiger partial charge in [-0.2, -0.15) is 10.2 Å². The topological polar surface area (TPSA) is 237 Å². The summed E-state index contributed by atoms with van der Waals surface area (Å²) in [6, 6.07) is 19.9. The molecule has 248 valence electrons. The summed E-state index contributed by atoms with van der Waals surface area (Å²) in [7, 11) is 2.71. The van der Waals surface area contributed by atoms with Crippen LogP contribution in [0.25, 0.3) is 21.8 Å². The number of carboxylic acid groups (broad SMARTS) is 2. The first-order valence-electron chi connectivity index (χ1n) is 14.1. The molecule has 6 rings (SSSR count). The lowest BCUT2D eigenvalue weighted by Gasteiger charge is -2.02. The number of nitrogens with one attached hydrogen (secondary N) is 2. The number of aromatic amines is 2. The largest absolute Gasteiger partial charge is 0.478 e. The second kappa shape index (κ2) is 16.6. The molecule has 0 bridgehead atoms. The molecule has 14 heteroatoms. The number of hydrogen-bond acceptors (Lipinski definition) is 10. The number of aryl methyl sites for hydroxylation is 2. The van der Waals surface area contributed by atoms with Crippen molar-refractivity contribution in [2.24, 2.45) is 0 Å². The zero-order valence-electron chi connectivity index (χ0n) is 26.5. The Bertz CT molecular complexity index is 2070. The standard InChI is InChI=1S/C9H8N2O2.C9H11NO2.C8H6N2O2.C8H9NO2/c1-13-9(12)6-2-3-7-5-10-11-8(7)4-6;1-6-3-4-7(5-8(6)10)9(11)12-2;11-8(12)5-1-2-6-4-9-10-7(6)3-5;1-5-2-3-6(8(10)11)4-7(5)9/h2-5H,1H3,(H,10,11);3-5H,10H2,1-2H3;1-4H,(H,9,10)(H,11,12);2-4H,9H2,1H3,(H,10,11). The van der Waals surface area contributed by atoms with Crippen molar-refractivity contribution in [1.82, 2.24) is 20.4 Å². The Morgan fingerprint density at radius 2 is 0.938 bits per heavy atom. The molecule has 0 saturated heterocycles. The molecule has 0 fully saturated rings. The third kappa shape index (κ3) is 9.65.